The second-order valence-electron chi connectivity index (χ2n) is 6.80. The number of aliphatic hydroxyl groups is 1. The molecule has 0 fully saturated rings. The van der Waals surface area contributed by atoms with Crippen molar-refractivity contribution in [2.45, 2.75) is 24.6 Å². The lowest BCUT2D eigenvalue weighted by atomic mass is 10.1. The zero-order chi connectivity index (χ0) is 22.2. The molecule has 3 aromatic rings. The zero-order valence-electron chi connectivity index (χ0n) is 17.8. The quantitative estimate of drug-likeness (QED) is 0.357. The minimum absolute atomic E-state index is 0.111. The number of rotatable bonds is 11. The Kier molecular flexibility index (Phi) is 7.91. The van der Waals surface area contributed by atoms with Crippen LogP contribution in [0, 0.1) is 6.92 Å². The van der Waals surface area contributed by atoms with Crippen molar-refractivity contribution in [1.82, 2.24) is 20.2 Å². The van der Waals surface area contributed by atoms with E-state index in [0.29, 0.717) is 28.2 Å². The van der Waals surface area contributed by atoms with Crippen molar-refractivity contribution < 1.29 is 19.3 Å². The molecule has 0 saturated heterocycles. The first kappa shape index (κ1) is 22.6. The molecule has 1 N–H and O–H groups in total. The lowest BCUT2D eigenvalue weighted by molar-refractivity contribution is 0.124. The summed E-state index contributed by atoms with van der Waals surface area (Å²) in [4.78, 5) is 0. The molecule has 164 valence electrons. The molecule has 3 rings (SSSR count). The minimum Gasteiger partial charge on any atom is -0.494 e. The van der Waals surface area contributed by atoms with E-state index in [0.717, 1.165) is 23.2 Å². The molecule has 1 heterocycles. The topological polar surface area (TPSA) is 91.5 Å². The predicted octanol–water partition coefficient (Wildman–Crippen LogP) is 3.25. The molecule has 0 aliphatic carbocycles. The van der Waals surface area contributed by atoms with Crippen LogP contribution in [-0.2, 0) is 6.42 Å². The summed E-state index contributed by atoms with van der Waals surface area (Å²) >= 11 is 1.33. The highest BCUT2D eigenvalue weighted by molar-refractivity contribution is 7.99. The number of aryl methyl sites for hydroxylation is 1. The standard InChI is InChI=1S/C22H26N4O4S/c1-5-6-16-8-10-20(21(12-16)29-4)30-13-17(27)14-31-22-23-24-25-26(22)18-11-15(2)7-9-19(18)28-3/h5,7-12,17,27H,1,6,13-14H2,2-4H3/t17-/m0/s1. The fourth-order valence-corrected chi connectivity index (χ4v) is 3.70. The molecule has 0 bridgehead atoms. The van der Waals surface area contributed by atoms with Crippen LogP contribution in [0.5, 0.6) is 17.2 Å². The van der Waals surface area contributed by atoms with Crippen LogP contribution < -0.4 is 14.2 Å². The van der Waals surface area contributed by atoms with E-state index in [-0.39, 0.29) is 6.61 Å². The van der Waals surface area contributed by atoms with Gasteiger partial charge < -0.3 is 19.3 Å². The van der Waals surface area contributed by atoms with Crippen LogP contribution in [0.2, 0.25) is 0 Å². The van der Waals surface area contributed by atoms with E-state index in [9.17, 15) is 5.11 Å². The molecule has 0 aliphatic rings. The molecule has 1 aromatic heterocycles. The van der Waals surface area contributed by atoms with Gasteiger partial charge in [-0.15, -0.1) is 11.7 Å². The second-order valence-corrected chi connectivity index (χ2v) is 7.79. The molecule has 0 amide bonds. The summed E-state index contributed by atoms with van der Waals surface area (Å²) in [5, 5.41) is 22.9. The van der Waals surface area contributed by atoms with Gasteiger partial charge >= 0.3 is 0 Å². The Bertz CT molecular complexity index is 1020. The fourth-order valence-electron chi connectivity index (χ4n) is 2.92. The monoisotopic (exact) mass is 442 g/mol. The number of methoxy groups -OCH3 is 2. The Morgan fingerprint density at radius 2 is 1.90 bits per heavy atom. The number of tetrazole rings is 1. The second kappa shape index (κ2) is 10.8. The number of hydrogen-bond acceptors (Lipinski definition) is 8. The summed E-state index contributed by atoms with van der Waals surface area (Å²) in [5.41, 5.74) is 2.88. The molecular formula is C22H26N4O4S. The van der Waals surface area contributed by atoms with Gasteiger partial charge in [-0.3, -0.25) is 0 Å². The Morgan fingerprint density at radius 3 is 2.65 bits per heavy atom. The highest BCUT2D eigenvalue weighted by Gasteiger charge is 2.16. The predicted molar refractivity (Wildman–Crippen MR) is 120 cm³/mol. The van der Waals surface area contributed by atoms with Gasteiger partial charge in [0, 0.05) is 5.75 Å². The maximum atomic E-state index is 10.4. The maximum absolute atomic E-state index is 10.4. The first-order valence-corrected chi connectivity index (χ1v) is 10.7. The molecule has 0 unspecified atom stereocenters. The highest BCUT2D eigenvalue weighted by atomic mass is 32.2. The van der Waals surface area contributed by atoms with Crippen molar-refractivity contribution in [3.63, 3.8) is 0 Å². The largest absolute Gasteiger partial charge is 0.494 e. The summed E-state index contributed by atoms with van der Waals surface area (Å²) in [7, 11) is 3.19. The van der Waals surface area contributed by atoms with Gasteiger partial charge in [0.15, 0.2) is 11.5 Å². The third kappa shape index (κ3) is 5.77. The lowest BCUT2D eigenvalue weighted by Gasteiger charge is -2.15. The van der Waals surface area contributed by atoms with Crippen LogP contribution >= 0.6 is 11.8 Å². The van der Waals surface area contributed by atoms with Crippen LogP contribution in [0.25, 0.3) is 5.69 Å². The maximum Gasteiger partial charge on any atom is 0.214 e. The van der Waals surface area contributed by atoms with E-state index in [2.05, 4.69) is 22.1 Å². The number of nitrogens with zero attached hydrogens (tertiary/aromatic N) is 4. The van der Waals surface area contributed by atoms with Crippen molar-refractivity contribution in [1.29, 1.82) is 0 Å². The molecule has 9 heteroatoms. The number of ether oxygens (including phenoxy) is 3. The Balaban J connectivity index is 1.62. The zero-order valence-corrected chi connectivity index (χ0v) is 18.6. The van der Waals surface area contributed by atoms with Gasteiger partial charge in [0.2, 0.25) is 5.16 Å². The Hall–Kier alpha value is -3.04. The molecular weight excluding hydrogens is 416 g/mol. The van der Waals surface area contributed by atoms with Gasteiger partial charge in [0.1, 0.15) is 18.0 Å². The van der Waals surface area contributed by atoms with Gasteiger partial charge in [-0.25, -0.2) is 0 Å². The third-order valence-electron chi connectivity index (χ3n) is 4.45. The number of allylic oxidation sites excluding steroid dienone is 1. The van der Waals surface area contributed by atoms with E-state index in [4.69, 9.17) is 14.2 Å². The van der Waals surface area contributed by atoms with Gasteiger partial charge in [-0.1, -0.05) is 30.0 Å². The van der Waals surface area contributed by atoms with E-state index in [1.807, 2.05) is 49.4 Å². The number of thioether (sulfide) groups is 1. The SMILES string of the molecule is C=CCc1ccc(OC[C@H](O)CSc2nnnn2-c2cc(C)ccc2OC)c(OC)c1. The van der Waals surface area contributed by atoms with Crippen molar-refractivity contribution in [3.05, 3.63) is 60.2 Å². The first-order valence-electron chi connectivity index (χ1n) is 9.70. The smallest absolute Gasteiger partial charge is 0.214 e. The van der Waals surface area contributed by atoms with Gasteiger partial charge in [0.05, 0.1) is 20.3 Å². The summed E-state index contributed by atoms with van der Waals surface area (Å²) in [5.74, 6) is 2.21. The van der Waals surface area contributed by atoms with E-state index < -0.39 is 6.10 Å². The molecule has 8 nitrogen and oxygen atoms in total. The van der Waals surface area contributed by atoms with Crippen LogP contribution in [0.4, 0.5) is 0 Å². The molecule has 0 saturated carbocycles. The third-order valence-corrected chi connectivity index (χ3v) is 5.51. The molecule has 0 radical (unpaired) electrons. The van der Waals surface area contributed by atoms with Crippen LogP contribution in [-0.4, -0.2) is 58.0 Å². The average Bonchev–Trinajstić information content (AvgIpc) is 3.25. The van der Waals surface area contributed by atoms with Crippen molar-refractivity contribution in [2.24, 2.45) is 0 Å². The molecule has 0 spiro atoms. The van der Waals surface area contributed by atoms with Crippen molar-refractivity contribution in [2.75, 3.05) is 26.6 Å². The highest BCUT2D eigenvalue weighted by Crippen LogP contribution is 2.29. The number of benzene rings is 2. The fraction of sp³-hybridized carbons (Fsp3) is 0.318. The Morgan fingerprint density at radius 1 is 1.13 bits per heavy atom. The van der Waals surface area contributed by atoms with Gasteiger partial charge in [-0.2, -0.15) is 4.68 Å². The molecule has 0 aliphatic heterocycles. The van der Waals surface area contributed by atoms with E-state index in [1.165, 1.54) is 11.8 Å². The summed E-state index contributed by atoms with van der Waals surface area (Å²) in [6.45, 7) is 5.84. The lowest BCUT2D eigenvalue weighted by Crippen LogP contribution is -2.20. The number of hydrogen-bond donors (Lipinski definition) is 1. The van der Waals surface area contributed by atoms with Gasteiger partial charge in [-0.05, 0) is 59.2 Å². The van der Waals surface area contributed by atoms with Crippen LogP contribution in [0.15, 0.2) is 54.2 Å². The number of aromatic nitrogens is 4. The molecule has 2 aromatic carbocycles. The summed E-state index contributed by atoms with van der Waals surface area (Å²) in [6, 6.07) is 11.5. The molecule has 31 heavy (non-hydrogen) atoms. The van der Waals surface area contributed by atoms with Crippen molar-refractivity contribution in [3.8, 4) is 22.9 Å². The normalized spacial score (nSPS) is 11.7. The van der Waals surface area contributed by atoms with Crippen molar-refractivity contribution >= 4 is 11.8 Å². The number of aliphatic hydroxyl groups excluding tert-OH is 1. The van der Waals surface area contributed by atoms with Gasteiger partial charge in [0.25, 0.3) is 0 Å². The van der Waals surface area contributed by atoms with E-state index >= 15 is 0 Å². The summed E-state index contributed by atoms with van der Waals surface area (Å²) < 4.78 is 18.2. The first-order chi connectivity index (χ1) is 15.0. The molecule has 1 atom stereocenters. The van der Waals surface area contributed by atoms with Crippen LogP contribution in [0.1, 0.15) is 11.1 Å². The average molecular weight is 443 g/mol. The van der Waals surface area contributed by atoms with Crippen LogP contribution in [0.3, 0.4) is 0 Å². The Labute approximate surface area is 185 Å². The summed E-state index contributed by atoms with van der Waals surface area (Å²) in [6.07, 6.45) is 1.85. The minimum atomic E-state index is -0.730. The van der Waals surface area contributed by atoms with E-state index in [1.54, 1.807) is 18.9 Å².